The first kappa shape index (κ1) is 17.0. The van der Waals surface area contributed by atoms with Gasteiger partial charge in [-0.25, -0.2) is 0 Å². The summed E-state index contributed by atoms with van der Waals surface area (Å²) < 4.78 is 2.49. The second-order valence-corrected chi connectivity index (χ2v) is 7.73. The number of aromatic nitrogens is 1. The van der Waals surface area contributed by atoms with Crippen LogP contribution >= 0.6 is 23.2 Å². The summed E-state index contributed by atoms with van der Waals surface area (Å²) in [5.41, 5.74) is 5.44. The third kappa shape index (κ3) is 3.31. The van der Waals surface area contributed by atoms with Crippen molar-refractivity contribution in [3.8, 4) is 0 Å². The van der Waals surface area contributed by atoms with E-state index in [1.807, 2.05) is 18.2 Å². The number of halogens is 2. The number of hydrogen-bond acceptors (Lipinski definition) is 1. The van der Waals surface area contributed by atoms with Crippen molar-refractivity contribution < 1.29 is 0 Å². The average Bonchev–Trinajstić information content (AvgIpc) is 2.74. The number of nitrogens with zero attached hydrogens (tertiary/aromatic N) is 2. The Morgan fingerprint density at radius 3 is 2.64 bits per heavy atom. The Labute approximate surface area is 159 Å². The zero-order valence-electron chi connectivity index (χ0n) is 14.4. The maximum Gasteiger partial charge on any atom is 0.0486 e. The Morgan fingerprint density at radius 2 is 1.80 bits per heavy atom. The molecule has 1 aliphatic heterocycles. The summed E-state index contributed by atoms with van der Waals surface area (Å²) in [6, 6.07) is 14.4. The molecule has 0 radical (unpaired) electrons. The van der Waals surface area contributed by atoms with Gasteiger partial charge in [0.05, 0.1) is 0 Å². The Kier molecular flexibility index (Phi) is 4.77. The second kappa shape index (κ2) is 7.03. The summed E-state index contributed by atoms with van der Waals surface area (Å²) in [6.45, 7) is 3.15. The molecule has 1 aliphatic rings. The van der Waals surface area contributed by atoms with Crippen LogP contribution in [-0.2, 0) is 25.8 Å². The Hall–Kier alpha value is -1.48. The number of fused-ring (bicyclic) bond motifs is 3. The summed E-state index contributed by atoms with van der Waals surface area (Å²) in [4.78, 5) is 2.41. The number of likely N-dealkylation sites (N-methyl/N-ethyl adjacent to an activating group) is 1. The molecule has 4 rings (SSSR count). The van der Waals surface area contributed by atoms with E-state index in [1.54, 1.807) is 0 Å². The molecule has 0 N–H and O–H groups in total. The molecule has 0 spiro atoms. The minimum atomic E-state index is 0.816. The minimum Gasteiger partial charge on any atom is -0.344 e. The molecule has 2 nitrogen and oxygen atoms in total. The lowest BCUT2D eigenvalue weighted by Crippen LogP contribution is -2.21. The molecule has 130 valence electrons. The summed E-state index contributed by atoms with van der Waals surface area (Å²) >= 11 is 12.7. The molecule has 0 saturated heterocycles. The molecule has 1 aromatic heterocycles. The maximum absolute atomic E-state index is 6.36. The van der Waals surface area contributed by atoms with E-state index in [1.165, 1.54) is 27.7 Å². The molecule has 2 aromatic carbocycles. The van der Waals surface area contributed by atoms with Gasteiger partial charge in [0.15, 0.2) is 0 Å². The highest BCUT2D eigenvalue weighted by Gasteiger charge is 2.20. The van der Waals surface area contributed by atoms with Crippen LogP contribution < -0.4 is 0 Å². The van der Waals surface area contributed by atoms with E-state index in [0.717, 1.165) is 48.9 Å². The van der Waals surface area contributed by atoms with Crippen molar-refractivity contribution in [1.29, 1.82) is 0 Å². The zero-order valence-corrected chi connectivity index (χ0v) is 15.9. The van der Waals surface area contributed by atoms with Crippen molar-refractivity contribution in [3.05, 3.63) is 69.3 Å². The van der Waals surface area contributed by atoms with Gasteiger partial charge in [0.2, 0.25) is 0 Å². The Morgan fingerprint density at radius 1 is 1.00 bits per heavy atom. The fourth-order valence-corrected chi connectivity index (χ4v) is 4.32. The van der Waals surface area contributed by atoms with Crippen LogP contribution in [0.5, 0.6) is 0 Å². The van der Waals surface area contributed by atoms with Gasteiger partial charge in [0.1, 0.15) is 0 Å². The van der Waals surface area contributed by atoms with Crippen molar-refractivity contribution in [2.45, 2.75) is 25.8 Å². The van der Waals surface area contributed by atoms with E-state index in [4.69, 9.17) is 23.2 Å². The SMILES string of the molecule is CN1CCc2c(n(CCc3ccccc3Cl)c3ccc(Cl)cc23)CC1. The molecule has 3 aromatic rings. The van der Waals surface area contributed by atoms with Crippen LogP contribution in [0.2, 0.25) is 10.0 Å². The highest BCUT2D eigenvalue weighted by Crippen LogP contribution is 2.31. The first-order chi connectivity index (χ1) is 12.1. The summed E-state index contributed by atoms with van der Waals surface area (Å²) in [5.74, 6) is 0. The molecule has 0 saturated carbocycles. The normalized spacial score (nSPS) is 15.3. The lowest BCUT2D eigenvalue weighted by Gasteiger charge is -2.14. The van der Waals surface area contributed by atoms with Crippen LogP contribution in [0.3, 0.4) is 0 Å². The molecule has 0 fully saturated rings. The van der Waals surface area contributed by atoms with Crippen molar-refractivity contribution in [3.63, 3.8) is 0 Å². The van der Waals surface area contributed by atoms with Crippen LogP contribution in [-0.4, -0.2) is 29.6 Å². The quantitative estimate of drug-likeness (QED) is 0.611. The third-order valence-corrected chi connectivity index (χ3v) is 5.89. The van der Waals surface area contributed by atoms with Crippen molar-refractivity contribution in [2.24, 2.45) is 0 Å². The molecular formula is C21H22Cl2N2. The standard InChI is InChI=1S/C21H22Cl2N2/c1-24-11-9-17-18-14-16(22)6-7-20(18)25(21(17)10-12-24)13-8-15-4-2-3-5-19(15)23/h2-7,14H,8-13H2,1H3. The van der Waals surface area contributed by atoms with Crippen molar-refractivity contribution in [1.82, 2.24) is 9.47 Å². The molecule has 0 aliphatic carbocycles. The topological polar surface area (TPSA) is 8.17 Å². The van der Waals surface area contributed by atoms with Gasteiger partial charge in [-0.3, -0.25) is 0 Å². The Bertz CT molecular complexity index is 914. The predicted octanol–water partition coefficient (Wildman–Crippen LogP) is 5.22. The number of rotatable bonds is 3. The molecule has 0 bridgehead atoms. The van der Waals surface area contributed by atoms with Gasteiger partial charge in [-0.15, -0.1) is 0 Å². The molecule has 0 unspecified atom stereocenters. The summed E-state index contributed by atoms with van der Waals surface area (Å²) in [6.07, 6.45) is 3.11. The first-order valence-corrected chi connectivity index (χ1v) is 9.60. The average molecular weight is 373 g/mol. The lowest BCUT2D eigenvalue weighted by atomic mass is 10.1. The molecular weight excluding hydrogens is 351 g/mol. The van der Waals surface area contributed by atoms with E-state index < -0.39 is 0 Å². The third-order valence-electron chi connectivity index (χ3n) is 5.29. The van der Waals surface area contributed by atoms with Crippen molar-refractivity contribution >= 4 is 34.1 Å². The van der Waals surface area contributed by atoms with Crippen LogP contribution in [0.4, 0.5) is 0 Å². The van der Waals surface area contributed by atoms with E-state index in [2.05, 4.69) is 40.8 Å². The monoisotopic (exact) mass is 372 g/mol. The van der Waals surface area contributed by atoms with Gasteiger partial charge < -0.3 is 9.47 Å². The Balaban J connectivity index is 1.76. The molecule has 0 amide bonds. The highest BCUT2D eigenvalue weighted by atomic mass is 35.5. The number of aryl methyl sites for hydroxylation is 2. The van der Waals surface area contributed by atoms with Gasteiger partial charge in [-0.05, 0) is 55.3 Å². The van der Waals surface area contributed by atoms with Gasteiger partial charge in [0, 0.05) is 52.7 Å². The smallest absolute Gasteiger partial charge is 0.0486 e. The fraction of sp³-hybridized carbons (Fsp3) is 0.333. The van der Waals surface area contributed by atoms with Gasteiger partial charge in [0.25, 0.3) is 0 Å². The van der Waals surface area contributed by atoms with E-state index in [0.29, 0.717) is 0 Å². The maximum atomic E-state index is 6.36. The predicted molar refractivity (Wildman–Crippen MR) is 107 cm³/mol. The summed E-state index contributed by atoms with van der Waals surface area (Å²) in [7, 11) is 2.20. The van der Waals surface area contributed by atoms with Crippen LogP contribution in [0.25, 0.3) is 10.9 Å². The van der Waals surface area contributed by atoms with Crippen molar-refractivity contribution in [2.75, 3.05) is 20.1 Å². The van der Waals surface area contributed by atoms with Gasteiger partial charge >= 0.3 is 0 Å². The van der Waals surface area contributed by atoms with E-state index in [9.17, 15) is 0 Å². The number of benzene rings is 2. The van der Waals surface area contributed by atoms with E-state index >= 15 is 0 Å². The van der Waals surface area contributed by atoms with Crippen LogP contribution in [0.15, 0.2) is 42.5 Å². The number of hydrogen-bond donors (Lipinski definition) is 0. The largest absolute Gasteiger partial charge is 0.344 e. The van der Waals surface area contributed by atoms with Crippen LogP contribution in [0, 0.1) is 0 Å². The molecule has 2 heterocycles. The molecule has 0 atom stereocenters. The van der Waals surface area contributed by atoms with Gasteiger partial charge in [-0.1, -0.05) is 41.4 Å². The summed E-state index contributed by atoms with van der Waals surface area (Å²) in [5, 5.41) is 2.99. The fourth-order valence-electron chi connectivity index (χ4n) is 3.91. The highest BCUT2D eigenvalue weighted by molar-refractivity contribution is 6.31. The van der Waals surface area contributed by atoms with Crippen LogP contribution in [0.1, 0.15) is 16.8 Å². The molecule has 4 heteroatoms. The van der Waals surface area contributed by atoms with Gasteiger partial charge in [-0.2, -0.15) is 0 Å². The second-order valence-electron chi connectivity index (χ2n) is 6.88. The lowest BCUT2D eigenvalue weighted by molar-refractivity contribution is 0.351. The zero-order chi connectivity index (χ0) is 17.4. The van der Waals surface area contributed by atoms with E-state index in [-0.39, 0.29) is 0 Å². The molecule has 25 heavy (non-hydrogen) atoms. The minimum absolute atomic E-state index is 0.816. The first-order valence-electron chi connectivity index (χ1n) is 8.85.